The predicted octanol–water partition coefficient (Wildman–Crippen LogP) is 2.41. The van der Waals surface area contributed by atoms with Crippen LogP contribution in [0.3, 0.4) is 0 Å². The van der Waals surface area contributed by atoms with Crippen molar-refractivity contribution in [3.63, 3.8) is 0 Å². The van der Waals surface area contributed by atoms with Gasteiger partial charge in [0.05, 0.1) is 5.69 Å². The Morgan fingerprint density at radius 2 is 2.17 bits per heavy atom. The molecule has 0 atom stereocenters. The number of aromatic nitrogens is 2. The number of hydrogen-bond acceptors (Lipinski definition) is 1. The van der Waals surface area contributed by atoms with Gasteiger partial charge in [-0.05, 0) is 26.2 Å². The standard InChI is InChI=1S/C10H18N2/c1-5-12-7-10(6-8(2)3)11-9(12)4/h7-8H,5-6H2,1-4H3. The van der Waals surface area contributed by atoms with Crippen LogP contribution in [-0.4, -0.2) is 9.55 Å². The van der Waals surface area contributed by atoms with Crippen LogP contribution in [0.1, 0.15) is 32.3 Å². The van der Waals surface area contributed by atoms with Gasteiger partial charge in [-0.3, -0.25) is 0 Å². The van der Waals surface area contributed by atoms with Gasteiger partial charge in [-0.2, -0.15) is 0 Å². The molecular formula is C10H18N2. The monoisotopic (exact) mass is 166 g/mol. The van der Waals surface area contributed by atoms with Gasteiger partial charge < -0.3 is 4.57 Å². The summed E-state index contributed by atoms with van der Waals surface area (Å²) >= 11 is 0. The molecule has 0 unspecified atom stereocenters. The second kappa shape index (κ2) is 3.74. The topological polar surface area (TPSA) is 17.8 Å². The fraction of sp³-hybridized carbons (Fsp3) is 0.700. The highest BCUT2D eigenvalue weighted by atomic mass is 15.1. The first-order chi connectivity index (χ1) is 5.63. The Morgan fingerprint density at radius 1 is 1.50 bits per heavy atom. The van der Waals surface area contributed by atoms with E-state index in [-0.39, 0.29) is 0 Å². The first kappa shape index (κ1) is 9.30. The molecule has 12 heavy (non-hydrogen) atoms. The first-order valence-corrected chi connectivity index (χ1v) is 4.66. The minimum atomic E-state index is 0.699. The lowest BCUT2D eigenvalue weighted by Gasteiger charge is -1.98. The molecule has 0 saturated heterocycles. The van der Waals surface area contributed by atoms with E-state index in [4.69, 9.17) is 0 Å². The molecule has 0 amide bonds. The van der Waals surface area contributed by atoms with Crippen molar-refractivity contribution >= 4 is 0 Å². The Bertz CT molecular complexity index is 248. The molecule has 0 saturated carbocycles. The van der Waals surface area contributed by atoms with Crippen LogP contribution < -0.4 is 0 Å². The summed E-state index contributed by atoms with van der Waals surface area (Å²) in [4.78, 5) is 4.48. The van der Waals surface area contributed by atoms with Gasteiger partial charge >= 0.3 is 0 Å². The summed E-state index contributed by atoms with van der Waals surface area (Å²) in [6.45, 7) is 9.68. The minimum Gasteiger partial charge on any atom is -0.335 e. The van der Waals surface area contributed by atoms with Gasteiger partial charge in [0.15, 0.2) is 0 Å². The third kappa shape index (κ3) is 2.10. The fourth-order valence-electron chi connectivity index (χ4n) is 1.41. The highest BCUT2D eigenvalue weighted by molar-refractivity contribution is 5.03. The van der Waals surface area contributed by atoms with Gasteiger partial charge in [-0.1, -0.05) is 13.8 Å². The molecule has 0 fully saturated rings. The Morgan fingerprint density at radius 3 is 2.58 bits per heavy atom. The lowest BCUT2D eigenvalue weighted by Crippen LogP contribution is -1.94. The van der Waals surface area contributed by atoms with Crippen LogP contribution in [0.4, 0.5) is 0 Å². The zero-order chi connectivity index (χ0) is 9.14. The molecule has 0 bridgehead atoms. The minimum absolute atomic E-state index is 0.699. The number of aryl methyl sites for hydroxylation is 2. The molecular weight excluding hydrogens is 148 g/mol. The lowest BCUT2D eigenvalue weighted by atomic mass is 10.1. The van der Waals surface area contributed by atoms with Crippen molar-refractivity contribution in [2.45, 2.75) is 40.7 Å². The molecule has 2 nitrogen and oxygen atoms in total. The van der Waals surface area contributed by atoms with E-state index in [1.807, 2.05) is 0 Å². The van der Waals surface area contributed by atoms with E-state index in [1.165, 1.54) is 5.69 Å². The SMILES string of the molecule is CCn1cc(CC(C)C)nc1C. The van der Waals surface area contributed by atoms with Crippen LogP contribution in [0.15, 0.2) is 6.20 Å². The Balaban J connectivity index is 2.75. The van der Waals surface area contributed by atoms with E-state index in [0.717, 1.165) is 18.8 Å². The molecule has 0 aromatic carbocycles. The highest BCUT2D eigenvalue weighted by Crippen LogP contribution is 2.07. The van der Waals surface area contributed by atoms with Crippen LogP contribution in [-0.2, 0) is 13.0 Å². The Hall–Kier alpha value is -0.790. The maximum Gasteiger partial charge on any atom is 0.105 e. The molecule has 0 aliphatic rings. The normalized spacial score (nSPS) is 11.1. The largest absolute Gasteiger partial charge is 0.335 e. The molecule has 1 heterocycles. The van der Waals surface area contributed by atoms with E-state index in [0.29, 0.717) is 5.92 Å². The quantitative estimate of drug-likeness (QED) is 0.674. The molecule has 0 radical (unpaired) electrons. The van der Waals surface area contributed by atoms with Crippen LogP contribution in [0.5, 0.6) is 0 Å². The van der Waals surface area contributed by atoms with E-state index in [1.54, 1.807) is 0 Å². The average Bonchev–Trinajstić information content (AvgIpc) is 2.29. The van der Waals surface area contributed by atoms with Gasteiger partial charge in [0.1, 0.15) is 5.82 Å². The third-order valence-electron chi connectivity index (χ3n) is 1.98. The maximum atomic E-state index is 4.48. The van der Waals surface area contributed by atoms with Crippen LogP contribution in [0.2, 0.25) is 0 Å². The van der Waals surface area contributed by atoms with Crippen LogP contribution in [0, 0.1) is 12.8 Å². The Labute approximate surface area is 74.6 Å². The zero-order valence-corrected chi connectivity index (χ0v) is 8.46. The first-order valence-electron chi connectivity index (χ1n) is 4.66. The third-order valence-corrected chi connectivity index (χ3v) is 1.98. The van der Waals surface area contributed by atoms with Crippen molar-refractivity contribution in [2.75, 3.05) is 0 Å². The lowest BCUT2D eigenvalue weighted by molar-refractivity contribution is 0.636. The molecule has 2 heteroatoms. The van der Waals surface area contributed by atoms with Crippen molar-refractivity contribution < 1.29 is 0 Å². The summed E-state index contributed by atoms with van der Waals surface area (Å²) in [6, 6.07) is 0. The van der Waals surface area contributed by atoms with Crippen LogP contribution in [0.25, 0.3) is 0 Å². The molecule has 0 spiro atoms. The van der Waals surface area contributed by atoms with Crippen molar-refractivity contribution in [3.8, 4) is 0 Å². The zero-order valence-electron chi connectivity index (χ0n) is 8.46. The summed E-state index contributed by atoms with van der Waals surface area (Å²) in [5.74, 6) is 1.83. The number of imidazole rings is 1. The fourth-order valence-corrected chi connectivity index (χ4v) is 1.41. The van der Waals surface area contributed by atoms with Gasteiger partial charge in [0, 0.05) is 12.7 Å². The molecule has 0 N–H and O–H groups in total. The smallest absolute Gasteiger partial charge is 0.105 e. The summed E-state index contributed by atoms with van der Waals surface area (Å²) in [6.07, 6.45) is 3.25. The number of hydrogen-bond donors (Lipinski definition) is 0. The number of rotatable bonds is 3. The Kier molecular flexibility index (Phi) is 2.90. The summed E-state index contributed by atoms with van der Waals surface area (Å²) < 4.78 is 2.19. The second-order valence-electron chi connectivity index (χ2n) is 3.66. The van der Waals surface area contributed by atoms with Gasteiger partial charge in [0.25, 0.3) is 0 Å². The van der Waals surface area contributed by atoms with Crippen LogP contribution >= 0.6 is 0 Å². The van der Waals surface area contributed by atoms with Gasteiger partial charge in [-0.15, -0.1) is 0 Å². The average molecular weight is 166 g/mol. The van der Waals surface area contributed by atoms with Gasteiger partial charge in [0.2, 0.25) is 0 Å². The van der Waals surface area contributed by atoms with E-state index < -0.39 is 0 Å². The van der Waals surface area contributed by atoms with Gasteiger partial charge in [-0.25, -0.2) is 4.98 Å². The second-order valence-corrected chi connectivity index (χ2v) is 3.66. The molecule has 1 rings (SSSR count). The molecule has 0 aliphatic heterocycles. The summed E-state index contributed by atoms with van der Waals surface area (Å²) in [5, 5.41) is 0. The molecule has 68 valence electrons. The van der Waals surface area contributed by atoms with E-state index >= 15 is 0 Å². The number of nitrogens with zero attached hydrogens (tertiary/aromatic N) is 2. The van der Waals surface area contributed by atoms with E-state index in [2.05, 4.69) is 43.4 Å². The molecule has 1 aromatic rings. The van der Waals surface area contributed by atoms with E-state index in [9.17, 15) is 0 Å². The van der Waals surface area contributed by atoms with Crippen molar-refractivity contribution in [2.24, 2.45) is 5.92 Å². The summed E-state index contributed by atoms with van der Waals surface area (Å²) in [7, 11) is 0. The molecule has 0 aliphatic carbocycles. The summed E-state index contributed by atoms with van der Waals surface area (Å²) in [5.41, 5.74) is 1.23. The predicted molar refractivity (Wildman–Crippen MR) is 51.2 cm³/mol. The van der Waals surface area contributed by atoms with Crippen molar-refractivity contribution in [3.05, 3.63) is 17.7 Å². The molecule has 1 aromatic heterocycles. The van der Waals surface area contributed by atoms with Crippen molar-refractivity contribution in [1.29, 1.82) is 0 Å². The van der Waals surface area contributed by atoms with Crippen molar-refractivity contribution in [1.82, 2.24) is 9.55 Å². The maximum absolute atomic E-state index is 4.48. The highest BCUT2D eigenvalue weighted by Gasteiger charge is 2.03.